The summed E-state index contributed by atoms with van der Waals surface area (Å²) in [6.45, 7) is 5.17. The van der Waals surface area contributed by atoms with Gasteiger partial charge in [0, 0.05) is 25.7 Å². The van der Waals surface area contributed by atoms with E-state index in [4.69, 9.17) is 0 Å². The molecule has 1 saturated heterocycles. The number of rotatable bonds is 7. The molecule has 0 bridgehead atoms. The largest absolute Gasteiger partial charge is 0.314 e. The fourth-order valence-electron chi connectivity index (χ4n) is 3.29. The van der Waals surface area contributed by atoms with Crippen LogP contribution in [0.3, 0.4) is 0 Å². The molecule has 2 saturated carbocycles. The standard InChI is InChI=1S/C15H29N3O2S/c1-15(7-2-8-15)12-17-21(19,20)18-9-5-13(6-10-18)11-16-14-3-4-14/h13-14,16-17H,2-12H2,1H3. The van der Waals surface area contributed by atoms with Crippen LogP contribution in [0.2, 0.25) is 0 Å². The van der Waals surface area contributed by atoms with Crippen molar-refractivity contribution in [2.24, 2.45) is 11.3 Å². The summed E-state index contributed by atoms with van der Waals surface area (Å²) in [4.78, 5) is 0. The first-order valence-electron chi connectivity index (χ1n) is 8.45. The molecule has 21 heavy (non-hydrogen) atoms. The van der Waals surface area contributed by atoms with Crippen LogP contribution < -0.4 is 10.0 Å². The lowest BCUT2D eigenvalue weighted by molar-refractivity contribution is 0.164. The lowest BCUT2D eigenvalue weighted by Crippen LogP contribution is -2.49. The topological polar surface area (TPSA) is 61.4 Å². The van der Waals surface area contributed by atoms with E-state index in [0.29, 0.717) is 25.6 Å². The molecule has 3 rings (SSSR count). The van der Waals surface area contributed by atoms with Crippen LogP contribution in [0.15, 0.2) is 0 Å². The van der Waals surface area contributed by atoms with Crippen molar-refractivity contribution >= 4 is 10.2 Å². The molecule has 0 unspecified atom stereocenters. The Labute approximate surface area is 129 Å². The van der Waals surface area contributed by atoms with Gasteiger partial charge in [-0.3, -0.25) is 0 Å². The van der Waals surface area contributed by atoms with Crippen LogP contribution in [0.25, 0.3) is 0 Å². The zero-order valence-corrected chi connectivity index (χ0v) is 13.9. The van der Waals surface area contributed by atoms with Crippen molar-refractivity contribution in [2.45, 2.75) is 57.9 Å². The third-order valence-corrected chi connectivity index (χ3v) is 6.98. The summed E-state index contributed by atoms with van der Waals surface area (Å²) in [6.07, 6.45) is 8.12. The first-order valence-corrected chi connectivity index (χ1v) is 9.89. The summed E-state index contributed by atoms with van der Waals surface area (Å²) in [5.41, 5.74) is 0.194. The lowest BCUT2D eigenvalue weighted by atomic mass is 9.71. The molecule has 3 fully saturated rings. The summed E-state index contributed by atoms with van der Waals surface area (Å²) in [6, 6.07) is 0.747. The molecule has 2 aliphatic carbocycles. The molecule has 0 atom stereocenters. The highest BCUT2D eigenvalue weighted by Gasteiger charge is 2.35. The number of nitrogens with one attached hydrogen (secondary N) is 2. The molecule has 0 radical (unpaired) electrons. The van der Waals surface area contributed by atoms with Gasteiger partial charge in [-0.1, -0.05) is 13.3 Å². The van der Waals surface area contributed by atoms with E-state index in [0.717, 1.165) is 38.3 Å². The minimum atomic E-state index is -3.27. The first kappa shape index (κ1) is 15.7. The van der Waals surface area contributed by atoms with E-state index in [2.05, 4.69) is 17.0 Å². The smallest absolute Gasteiger partial charge is 0.279 e. The first-order chi connectivity index (χ1) is 9.97. The maximum atomic E-state index is 12.4. The van der Waals surface area contributed by atoms with Crippen LogP contribution >= 0.6 is 0 Å². The van der Waals surface area contributed by atoms with E-state index in [1.54, 1.807) is 4.31 Å². The normalized spacial score (nSPS) is 27.5. The molecular weight excluding hydrogens is 286 g/mol. The summed E-state index contributed by atoms with van der Waals surface area (Å²) >= 11 is 0. The summed E-state index contributed by atoms with van der Waals surface area (Å²) in [5, 5.41) is 3.56. The molecular formula is C15H29N3O2S. The zero-order valence-electron chi connectivity index (χ0n) is 13.1. The molecule has 122 valence electrons. The Morgan fingerprint density at radius 2 is 1.81 bits per heavy atom. The van der Waals surface area contributed by atoms with Crippen LogP contribution in [0.4, 0.5) is 0 Å². The second-order valence-electron chi connectivity index (χ2n) is 7.52. The Balaban J connectivity index is 1.41. The summed E-state index contributed by atoms with van der Waals surface area (Å²) < 4.78 is 29.2. The van der Waals surface area contributed by atoms with Gasteiger partial charge in [0.05, 0.1) is 0 Å². The minimum Gasteiger partial charge on any atom is -0.314 e. The zero-order chi connectivity index (χ0) is 14.9. The maximum absolute atomic E-state index is 12.4. The Morgan fingerprint density at radius 3 is 2.33 bits per heavy atom. The average molecular weight is 315 g/mol. The molecule has 1 aliphatic heterocycles. The Kier molecular flexibility index (Phi) is 4.60. The molecule has 0 aromatic carbocycles. The molecule has 0 spiro atoms. The third-order valence-electron chi connectivity index (χ3n) is 5.43. The van der Waals surface area contributed by atoms with Crippen LogP contribution in [-0.2, 0) is 10.2 Å². The summed E-state index contributed by atoms with van der Waals surface area (Å²) in [7, 11) is -3.27. The maximum Gasteiger partial charge on any atom is 0.279 e. The van der Waals surface area contributed by atoms with Gasteiger partial charge in [0.25, 0.3) is 10.2 Å². The Bertz CT molecular complexity index is 450. The van der Waals surface area contributed by atoms with Gasteiger partial charge in [-0.15, -0.1) is 0 Å². The Hall–Kier alpha value is -0.170. The molecule has 3 aliphatic rings. The van der Waals surface area contributed by atoms with Gasteiger partial charge in [-0.25, -0.2) is 4.72 Å². The van der Waals surface area contributed by atoms with E-state index in [1.807, 2.05) is 0 Å². The van der Waals surface area contributed by atoms with E-state index in [1.165, 1.54) is 19.3 Å². The van der Waals surface area contributed by atoms with Gasteiger partial charge < -0.3 is 5.32 Å². The van der Waals surface area contributed by atoms with Crippen molar-refractivity contribution in [1.29, 1.82) is 0 Å². The van der Waals surface area contributed by atoms with Crippen molar-refractivity contribution < 1.29 is 8.42 Å². The van der Waals surface area contributed by atoms with Gasteiger partial charge >= 0.3 is 0 Å². The van der Waals surface area contributed by atoms with E-state index in [9.17, 15) is 8.42 Å². The molecule has 6 heteroatoms. The number of hydrogen-bond donors (Lipinski definition) is 2. The predicted octanol–water partition coefficient (Wildman–Crippen LogP) is 1.47. The van der Waals surface area contributed by atoms with Crippen molar-refractivity contribution in [1.82, 2.24) is 14.3 Å². The second-order valence-corrected chi connectivity index (χ2v) is 9.27. The van der Waals surface area contributed by atoms with Crippen LogP contribution in [0.1, 0.15) is 51.9 Å². The van der Waals surface area contributed by atoms with Gasteiger partial charge in [-0.05, 0) is 56.4 Å². The highest BCUT2D eigenvalue weighted by atomic mass is 32.2. The van der Waals surface area contributed by atoms with Crippen molar-refractivity contribution in [2.75, 3.05) is 26.2 Å². The van der Waals surface area contributed by atoms with Crippen LogP contribution in [0, 0.1) is 11.3 Å². The van der Waals surface area contributed by atoms with Crippen molar-refractivity contribution in [3.05, 3.63) is 0 Å². The van der Waals surface area contributed by atoms with Crippen molar-refractivity contribution in [3.63, 3.8) is 0 Å². The summed E-state index contributed by atoms with van der Waals surface area (Å²) in [5.74, 6) is 0.640. The fraction of sp³-hybridized carbons (Fsp3) is 1.00. The van der Waals surface area contributed by atoms with Crippen molar-refractivity contribution in [3.8, 4) is 0 Å². The number of piperidine rings is 1. The molecule has 1 heterocycles. The molecule has 0 aromatic rings. The molecule has 0 aromatic heterocycles. The quantitative estimate of drug-likeness (QED) is 0.748. The van der Waals surface area contributed by atoms with Crippen LogP contribution in [-0.4, -0.2) is 44.9 Å². The van der Waals surface area contributed by atoms with Gasteiger partial charge in [0.15, 0.2) is 0 Å². The molecule has 5 nitrogen and oxygen atoms in total. The monoisotopic (exact) mass is 315 g/mol. The average Bonchev–Trinajstić information content (AvgIpc) is 3.26. The molecule has 2 N–H and O–H groups in total. The number of hydrogen-bond acceptors (Lipinski definition) is 3. The van der Waals surface area contributed by atoms with E-state index >= 15 is 0 Å². The Morgan fingerprint density at radius 1 is 1.14 bits per heavy atom. The second kappa shape index (κ2) is 6.14. The van der Waals surface area contributed by atoms with Gasteiger partial charge in [0.1, 0.15) is 0 Å². The van der Waals surface area contributed by atoms with Crippen LogP contribution in [0.5, 0.6) is 0 Å². The highest BCUT2D eigenvalue weighted by Crippen LogP contribution is 2.39. The lowest BCUT2D eigenvalue weighted by Gasteiger charge is -2.39. The third kappa shape index (κ3) is 4.18. The predicted molar refractivity (Wildman–Crippen MR) is 84.2 cm³/mol. The van der Waals surface area contributed by atoms with Gasteiger partial charge in [-0.2, -0.15) is 12.7 Å². The van der Waals surface area contributed by atoms with E-state index in [-0.39, 0.29) is 5.41 Å². The number of nitrogens with zero attached hydrogens (tertiary/aromatic N) is 1. The fourth-order valence-corrected chi connectivity index (χ4v) is 4.69. The highest BCUT2D eigenvalue weighted by molar-refractivity contribution is 7.87. The SMILES string of the molecule is CC1(CNS(=O)(=O)N2CCC(CNC3CC3)CC2)CCC1. The van der Waals surface area contributed by atoms with Gasteiger partial charge in [0.2, 0.25) is 0 Å². The van der Waals surface area contributed by atoms with E-state index < -0.39 is 10.2 Å². The minimum absolute atomic E-state index is 0.194. The molecule has 0 amide bonds.